The molecule has 7 heteroatoms. The summed E-state index contributed by atoms with van der Waals surface area (Å²) in [5, 5.41) is 16.4. The fraction of sp³-hybridized carbons (Fsp3) is 0.643. The summed E-state index contributed by atoms with van der Waals surface area (Å²) in [6, 6.07) is 0. The van der Waals surface area contributed by atoms with E-state index in [9.17, 15) is 0 Å². The highest BCUT2D eigenvalue weighted by atomic mass is 32.2. The number of aromatic nitrogens is 4. The second-order valence-electron chi connectivity index (χ2n) is 5.50. The quantitative estimate of drug-likeness (QED) is 0.857. The number of nitrogens with zero attached hydrogens (tertiary/aromatic N) is 4. The first-order chi connectivity index (χ1) is 10.2. The average Bonchev–Trinajstić information content (AvgIpc) is 3.06. The molecule has 3 rings (SSSR count). The van der Waals surface area contributed by atoms with E-state index in [-0.39, 0.29) is 0 Å². The largest absolute Gasteiger partial charge is 0.317 e. The van der Waals surface area contributed by atoms with E-state index in [2.05, 4.69) is 37.5 Å². The van der Waals surface area contributed by atoms with E-state index in [1.165, 1.54) is 12.8 Å². The highest BCUT2D eigenvalue weighted by molar-refractivity contribution is 7.98. The van der Waals surface area contributed by atoms with Crippen LogP contribution in [0.1, 0.15) is 29.4 Å². The number of piperidine rings is 1. The molecule has 0 spiro atoms. The van der Waals surface area contributed by atoms with Gasteiger partial charge in [-0.15, -0.1) is 21.5 Å². The lowest BCUT2D eigenvalue weighted by atomic mass is 9.94. The van der Waals surface area contributed by atoms with Crippen LogP contribution in [0.3, 0.4) is 0 Å². The van der Waals surface area contributed by atoms with Crippen molar-refractivity contribution in [1.29, 1.82) is 0 Å². The van der Waals surface area contributed by atoms with Crippen LogP contribution in [-0.4, -0.2) is 32.8 Å². The third-order valence-electron chi connectivity index (χ3n) is 3.87. The van der Waals surface area contributed by atoms with Crippen LogP contribution in [-0.2, 0) is 19.2 Å². The number of nitrogens with one attached hydrogen (secondary N) is 1. The maximum Gasteiger partial charge on any atom is 0.191 e. The maximum atomic E-state index is 4.49. The van der Waals surface area contributed by atoms with Gasteiger partial charge in [0.1, 0.15) is 5.82 Å². The van der Waals surface area contributed by atoms with Crippen molar-refractivity contribution in [1.82, 2.24) is 25.1 Å². The molecule has 21 heavy (non-hydrogen) atoms. The molecule has 2 aromatic heterocycles. The van der Waals surface area contributed by atoms with Gasteiger partial charge in [-0.1, -0.05) is 11.8 Å². The van der Waals surface area contributed by atoms with Crippen LogP contribution < -0.4 is 5.32 Å². The number of rotatable bonds is 5. The second-order valence-corrected chi connectivity index (χ2v) is 7.51. The molecule has 1 fully saturated rings. The Morgan fingerprint density at radius 1 is 1.38 bits per heavy atom. The molecule has 0 unspecified atom stereocenters. The van der Waals surface area contributed by atoms with E-state index in [0.717, 1.165) is 52.9 Å². The molecule has 1 saturated heterocycles. The summed E-state index contributed by atoms with van der Waals surface area (Å²) < 4.78 is 2.14. The van der Waals surface area contributed by atoms with Gasteiger partial charge in [0.15, 0.2) is 5.16 Å². The molecular weight excluding hydrogens is 302 g/mol. The Labute approximate surface area is 133 Å². The molecule has 3 heterocycles. The van der Waals surface area contributed by atoms with Crippen molar-refractivity contribution >= 4 is 23.1 Å². The smallest absolute Gasteiger partial charge is 0.191 e. The van der Waals surface area contributed by atoms with Crippen LogP contribution >= 0.6 is 23.1 Å². The number of aryl methyl sites for hydroxylation is 1. The van der Waals surface area contributed by atoms with Gasteiger partial charge in [-0.25, -0.2) is 4.98 Å². The van der Waals surface area contributed by atoms with Crippen molar-refractivity contribution in [2.75, 3.05) is 13.1 Å². The number of hydrogen-bond acceptors (Lipinski definition) is 6. The monoisotopic (exact) mass is 323 g/mol. The third-order valence-corrected chi connectivity index (χ3v) is 5.75. The van der Waals surface area contributed by atoms with Crippen molar-refractivity contribution < 1.29 is 0 Å². The topological polar surface area (TPSA) is 55.6 Å². The Morgan fingerprint density at radius 3 is 2.90 bits per heavy atom. The zero-order valence-electron chi connectivity index (χ0n) is 12.5. The standard InChI is InChI=1S/C14H21N5S2/c1-10-16-12(8-20-10)9-21-14-18-17-13(19(14)2)7-11-3-5-15-6-4-11/h8,11,15H,3-7,9H2,1-2H3. The van der Waals surface area contributed by atoms with Gasteiger partial charge >= 0.3 is 0 Å². The zero-order valence-corrected chi connectivity index (χ0v) is 14.1. The van der Waals surface area contributed by atoms with Gasteiger partial charge in [0.05, 0.1) is 10.7 Å². The van der Waals surface area contributed by atoms with Crippen LogP contribution in [0.2, 0.25) is 0 Å². The molecule has 0 saturated carbocycles. The summed E-state index contributed by atoms with van der Waals surface area (Å²) in [6.45, 7) is 4.30. The van der Waals surface area contributed by atoms with Crippen molar-refractivity contribution in [2.24, 2.45) is 13.0 Å². The lowest BCUT2D eigenvalue weighted by molar-refractivity contribution is 0.363. The average molecular weight is 323 g/mol. The Morgan fingerprint density at radius 2 is 2.19 bits per heavy atom. The predicted molar refractivity (Wildman–Crippen MR) is 86.7 cm³/mol. The molecule has 114 valence electrons. The Bertz CT molecular complexity index is 586. The number of thioether (sulfide) groups is 1. The first-order valence-electron chi connectivity index (χ1n) is 7.35. The van der Waals surface area contributed by atoms with Crippen LogP contribution in [0.15, 0.2) is 10.5 Å². The van der Waals surface area contributed by atoms with Crippen molar-refractivity contribution in [3.63, 3.8) is 0 Å². The van der Waals surface area contributed by atoms with Gasteiger partial charge in [-0.3, -0.25) is 0 Å². The normalized spacial score (nSPS) is 16.5. The zero-order chi connectivity index (χ0) is 14.7. The second kappa shape index (κ2) is 6.89. The molecule has 0 aromatic carbocycles. The van der Waals surface area contributed by atoms with Crippen molar-refractivity contribution in [3.8, 4) is 0 Å². The maximum absolute atomic E-state index is 4.49. The van der Waals surface area contributed by atoms with E-state index in [1.807, 2.05) is 6.92 Å². The predicted octanol–water partition coefficient (Wildman–Crippen LogP) is 2.41. The van der Waals surface area contributed by atoms with Gasteiger partial charge in [0.25, 0.3) is 0 Å². The highest BCUT2D eigenvalue weighted by Crippen LogP contribution is 2.24. The summed E-state index contributed by atoms with van der Waals surface area (Å²) in [5.74, 6) is 2.72. The highest BCUT2D eigenvalue weighted by Gasteiger charge is 2.18. The molecule has 5 nitrogen and oxygen atoms in total. The summed E-state index contributed by atoms with van der Waals surface area (Å²) in [6.07, 6.45) is 3.53. The molecule has 0 bridgehead atoms. The Balaban J connectivity index is 1.59. The number of hydrogen-bond donors (Lipinski definition) is 1. The molecule has 0 amide bonds. The molecule has 2 aromatic rings. The number of thiazole rings is 1. The van der Waals surface area contributed by atoms with Crippen LogP contribution in [0.5, 0.6) is 0 Å². The summed E-state index contributed by atoms with van der Waals surface area (Å²) in [5.41, 5.74) is 1.13. The lowest BCUT2D eigenvalue weighted by Crippen LogP contribution is -2.29. The fourth-order valence-electron chi connectivity index (χ4n) is 2.61. The Kier molecular flexibility index (Phi) is 4.92. The minimum absolute atomic E-state index is 0.744. The van der Waals surface area contributed by atoms with Gasteiger partial charge in [0.2, 0.25) is 0 Å². The SMILES string of the molecule is Cc1nc(CSc2nnc(CC3CCNCC3)n2C)cs1. The van der Waals surface area contributed by atoms with Crippen LogP contribution in [0, 0.1) is 12.8 Å². The summed E-state index contributed by atoms with van der Waals surface area (Å²) in [4.78, 5) is 4.49. The molecule has 0 atom stereocenters. The van der Waals surface area contributed by atoms with Gasteiger partial charge < -0.3 is 9.88 Å². The van der Waals surface area contributed by atoms with Crippen molar-refractivity contribution in [2.45, 2.75) is 37.1 Å². The lowest BCUT2D eigenvalue weighted by Gasteiger charge is -2.21. The van der Waals surface area contributed by atoms with Crippen LogP contribution in [0.4, 0.5) is 0 Å². The molecule has 1 N–H and O–H groups in total. The van der Waals surface area contributed by atoms with E-state index in [4.69, 9.17) is 0 Å². The van der Waals surface area contributed by atoms with Crippen molar-refractivity contribution in [3.05, 3.63) is 21.9 Å². The van der Waals surface area contributed by atoms with Crippen LogP contribution in [0.25, 0.3) is 0 Å². The molecular formula is C14H21N5S2. The van der Waals surface area contributed by atoms with E-state index < -0.39 is 0 Å². The molecule has 1 aliphatic rings. The van der Waals surface area contributed by atoms with E-state index in [1.54, 1.807) is 23.1 Å². The summed E-state index contributed by atoms with van der Waals surface area (Å²) >= 11 is 3.42. The minimum atomic E-state index is 0.744. The Hall–Kier alpha value is -0.920. The first-order valence-corrected chi connectivity index (χ1v) is 9.21. The molecule has 0 radical (unpaired) electrons. The first kappa shape index (κ1) is 15.0. The molecule has 1 aliphatic heterocycles. The fourth-order valence-corrected chi connectivity index (χ4v) is 4.15. The van der Waals surface area contributed by atoms with E-state index in [0.29, 0.717) is 0 Å². The van der Waals surface area contributed by atoms with Gasteiger partial charge in [-0.05, 0) is 38.8 Å². The van der Waals surface area contributed by atoms with E-state index >= 15 is 0 Å². The van der Waals surface area contributed by atoms with Gasteiger partial charge in [0, 0.05) is 24.6 Å². The third kappa shape index (κ3) is 3.84. The minimum Gasteiger partial charge on any atom is -0.317 e. The summed E-state index contributed by atoms with van der Waals surface area (Å²) in [7, 11) is 2.07. The van der Waals surface area contributed by atoms with Gasteiger partial charge in [-0.2, -0.15) is 0 Å². The molecule has 0 aliphatic carbocycles.